The number of nitrogens with zero attached hydrogens (tertiary/aromatic N) is 1. The number of likely N-dealkylation sites (tertiary alicyclic amines) is 1. The summed E-state index contributed by atoms with van der Waals surface area (Å²) in [6, 6.07) is 15.9. The standard InChI is InChI=1S/C32H44N2O6SSi/c1-39-28-14-10-24(11-15-28)18-20-41(37,38)33-30-22-27(19-21-42(2,3)4)34(32(35)36)31(30)23-40-29-16-12-26(13-17-29)25-8-6-5-7-9-25/h5-11,14-15,26-27,29-31,33H,12-13,16-18,20,22-23H2,1-4H3,(H,35,36)/t26-,27?,29+,30?,31?. The number of methoxy groups -OCH3 is 1. The number of ether oxygens (including phenoxy) is 2. The summed E-state index contributed by atoms with van der Waals surface area (Å²) in [5.74, 6) is 4.29. The molecule has 0 bridgehead atoms. The molecule has 4 rings (SSSR count). The Hall–Kier alpha value is -2.84. The van der Waals surface area contributed by atoms with Gasteiger partial charge < -0.3 is 14.6 Å². The first kappa shape index (κ1) is 32.1. The van der Waals surface area contributed by atoms with Crippen LogP contribution in [0.1, 0.15) is 49.1 Å². The molecule has 8 nitrogen and oxygen atoms in total. The van der Waals surface area contributed by atoms with Gasteiger partial charge in [0.1, 0.15) is 13.8 Å². The van der Waals surface area contributed by atoms with E-state index in [1.165, 1.54) is 10.5 Å². The van der Waals surface area contributed by atoms with Crippen molar-refractivity contribution in [2.75, 3.05) is 19.5 Å². The SMILES string of the molecule is COc1ccc(CCS(=O)(=O)NC2CC(C#C[Si](C)(C)C)N(C(=O)O)C2CO[C@H]2CC[C@@H](c3ccccc3)CC2)cc1. The number of sulfonamides is 1. The Bertz CT molecular complexity index is 1340. The number of amides is 1. The van der Waals surface area contributed by atoms with E-state index in [1.807, 2.05) is 18.2 Å². The molecule has 42 heavy (non-hydrogen) atoms. The lowest BCUT2D eigenvalue weighted by atomic mass is 9.83. The lowest BCUT2D eigenvalue weighted by Gasteiger charge is -2.32. The van der Waals surface area contributed by atoms with Crippen molar-refractivity contribution in [3.05, 3.63) is 65.7 Å². The first-order chi connectivity index (χ1) is 19.9. The summed E-state index contributed by atoms with van der Waals surface area (Å²) in [6.45, 7) is 6.44. The average Bonchev–Trinajstić information content (AvgIpc) is 3.31. The third-order valence-electron chi connectivity index (χ3n) is 8.07. The lowest BCUT2D eigenvalue weighted by Crippen LogP contribution is -2.50. The van der Waals surface area contributed by atoms with E-state index < -0.39 is 42.3 Å². The lowest BCUT2D eigenvalue weighted by molar-refractivity contribution is -0.00583. The van der Waals surface area contributed by atoms with Crippen LogP contribution in [0.5, 0.6) is 5.75 Å². The summed E-state index contributed by atoms with van der Waals surface area (Å²) in [6.07, 6.45) is 3.32. The van der Waals surface area contributed by atoms with Gasteiger partial charge in [0.25, 0.3) is 0 Å². The second-order valence-electron chi connectivity index (χ2n) is 12.4. The fourth-order valence-electron chi connectivity index (χ4n) is 5.82. The third kappa shape index (κ3) is 9.08. The molecule has 228 valence electrons. The summed E-state index contributed by atoms with van der Waals surface area (Å²) in [5, 5.41) is 10.2. The van der Waals surface area contributed by atoms with Gasteiger partial charge in [0.2, 0.25) is 10.0 Å². The highest BCUT2D eigenvalue weighted by Gasteiger charge is 2.45. The number of hydrogen-bond donors (Lipinski definition) is 2. The van der Waals surface area contributed by atoms with Gasteiger partial charge >= 0.3 is 6.09 Å². The number of hydrogen-bond acceptors (Lipinski definition) is 5. The molecule has 10 heteroatoms. The molecule has 1 saturated heterocycles. The van der Waals surface area contributed by atoms with Gasteiger partial charge in [0.15, 0.2) is 0 Å². The smallest absolute Gasteiger partial charge is 0.408 e. The molecule has 1 saturated carbocycles. The maximum atomic E-state index is 13.2. The molecule has 0 radical (unpaired) electrons. The molecule has 2 fully saturated rings. The van der Waals surface area contributed by atoms with E-state index in [0.29, 0.717) is 24.5 Å². The van der Waals surface area contributed by atoms with Gasteiger partial charge in [0, 0.05) is 6.04 Å². The fourth-order valence-corrected chi connectivity index (χ4v) is 7.76. The summed E-state index contributed by atoms with van der Waals surface area (Å²) in [5.41, 5.74) is 5.51. The predicted octanol–water partition coefficient (Wildman–Crippen LogP) is 5.27. The van der Waals surface area contributed by atoms with Crippen LogP contribution in [0.3, 0.4) is 0 Å². The van der Waals surface area contributed by atoms with Crippen molar-refractivity contribution in [3.63, 3.8) is 0 Å². The highest BCUT2D eigenvalue weighted by Crippen LogP contribution is 2.35. The van der Waals surface area contributed by atoms with Crippen LogP contribution in [0, 0.1) is 11.5 Å². The minimum absolute atomic E-state index is 0.0139. The highest BCUT2D eigenvalue weighted by molar-refractivity contribution is 7.89. The fraction of sp³-hybridized carbons (Fsp3) is 0.531. The van der Waals surface area contributed by atoms with Crippen molar-refractivity contribution < 1.29 is 27.8 Å². The molecule has 3 unspecified atom stereocenters. The van der Waals surface area contributed by atoms with Crippen molar-refractivity contribution in [2.45, 2.75) is 88.3 Å². The molecule has 0 spiro atoms. The summed E-state index contributed by atoms with van der Waals surface area (Å²) in [4.78, 5) is 13.8. The maximum absolute atomic E-state index is 13.2. The largest absolute Gasteiger partial charge is 0.497 e. The van der Waals surface area contributed by atoms with E-state index in [0.717, 1.165) is 31.2 Å². The Morgan fingerprint density at radius 2 is 1.71 bits per heavy atom. The molecule has 1 amide bonds. The van der Waals surface area contributed by atoms with Gasteiger partial charge in [-0.3, -0.25) is 4.90 Å². The minimum atomic E-state index is -3.70. The first-order valence-corrected chi connectivity index (χ1v) is 19.9. The molecule has 2 aromatic rings. The highest BCUT2D eigenvalue weighted by atomic mass is 32.2. The van der Waals surface area contributed by atoms with Crippen LogP contribution in [0.2, 0.25) is 19.6 Å². The van der Waals surface area contributed by atoms with E-state index in [4.69, 9.17) is 9.47 Å². The van der Waals surface area contributed by atoms with E-state index in [1.54, 1.807) is 19.2 Å². The second-order valence-corrected chi connectivity index (χ2v) is 19.0. The Labute approximate surface area is 251 Å². The van der Waals surface area contributed by atoms with Gasteiger partial charge in [0.05, 0.1) is 37.7 Å². The van der Waals surface area contributed by atoms with Gasteiger partial charge in [-0.15, -0.1) is 5.54 Å². The van der Waals surface area contributed by atoms with Crippen molar-refractivity contribution in [2.24, 2.45) is 0 Å². The van der Waals surface area contributed by atoms with Crippen molar-refractivity contribution >= 4 is 24.2 Å². The summed E-state index contributed by atoms with van der Waals surface area (Å²) >= 11 is 0. The number of carboxylic acid groups (broad SMARTS) is 1. The van der Waals surface area contributed by atoms with Crippen LogP contribution in [0.25, 0.3) is 0 Å². The predicted molar refractivity (Wildman–Crippen MR) is 168 cm³/mol. The van der Waals surface area contributed by atoms with Gasteiger partial charge in [-0.1, -0.05) is 68.0 Å². The summed E-state index contributed by atoms with van der Waals surface area (Å²) < 4.78 is 40.8. The van der Waals surface area contributed by atoms with E-state index >= 15 is 0 Å². The number of benzene rings is 2. The zero-order valence-corrected chi connectivity index (χ0v) is 26.9. The molecule has 2 N–H and O–H groups in total. The molecule has 2 aliphatic rings. The van der Waals surface area contributed by atoms with Gasteiger partial charge in [-0.05, 0) is 67.7 Å². The minimum Gasteiger partial charge on any atom is -0.497 e. The van der Waals surface area contributed by atoms with E-state index in [9.17, 15) is 18.3 Å². The maximum Gasteiger partial charge on any atom is 0.408 e. The van der Waals surface area contributed by atoms with Crippen molar-refractivity contribution in [3.8, 4) is 17.2 Å². The van der Waals surface area contributed by atoms with Gasteiger partial charge in [-0.25, -0.2) is 17.9 Å². The Kier molecular flexibility index (Phi) is 10.8. The third-order valence-corrected chi connectivity index (χ3v) is 10.4. The van der Waals surface area contributed by atoms with E-state index in [2.05, 4.69) is 60.1 Å². The van der Waals surface area contributed by atoms with Crippen molar-refractivity contribution in [1.82, 2.24) is 9.62 Å². The van der Waals surface area contributed by atoms with Crippen LogP contribution < -0.4 is 9.46 Å². The molecule has 0 aromatic heterocycles. The normalized spacial score (nSPS) is 24.6. The molecule has 2 aromatic carbocycles. The Balaban J connectivity index is 1.44. The second kappa shape index (κ2) is 14.1. The monoisotopic (exact) mass is 612 g/mol. The molecule has 3 atom stereocenters. The number of carbonyl (C=O) groups is 1. The first-order valence-electron chi connectivity index (χ1n) is 14.8. The van der Waals surface area contributed by atoms with Crippen molar-refractivity contribution in [1.29, 1.82) is 0 Å². The average molecular weight is 613 g/mol. The number of nitrogens with one attached hydrogen (secondary N) is 1. The van der Waals surface area contributed by atoms with Crippen LogP contribution in [0.15, 0.2) is 54.6 Å². The van der Waals surface area contributed by atoms with Crippen LogP contribution in [0.4, 0.5) is 4.79 Å². The Morgan fingerprint density at radius 3 is 2.31 bits per heavy atom. The Morgan fingerprint density at radius 1 is 1.05 bits per heavy atom. The zero-order chi connectivity index (χ0) is 30.3. The molecule has 1 heterocycles. The van der Waals surface area contributed by atoms with Crippen LogP contribution in [-0.2, 0) is 21.2 Å². The topological polar surface area (TPSA) is 105 Å². The summed E-state index contributed by atoms with van der Waals surface area (Å²) in [7, 11) is -3.90. The molecule has 1 aliphatic carbocycles. The van der Waals surface area contributed by atoms with Crippen LogP contribution in [-0.4, -0.2) is 76.3 Å². The van der Waals surface area contributed by atoms with E-state index in [-0.39, 0.29) is 18.5 Å². The zero-order valence-electron chi connectivity index (χ0n) is 25.1. The number of rotatable bonds is 10. The van der Waals surface area contributed by atoms with Crippen LogP contribution >= 0.6 is 0 Å². The molecule has 1 aliphatic heterocycles. The molecular weight excluding hydrogens is 569 g/mol. The van der Waals surface area contributed by atoms with Gasteiger partial charge in [-0.2, -0.15) is 0 Å². The quantitative estimate of drug-likeness (QED) is 0.280. The number of aryl methyl sites for hydroxylation is 1. The molecular formula is C32H44N2O6SSi.